The van der Waals surface area contributed by atoms with Gasteiger partial charge in [0.1, 0.15) is 0 Å². The van der Waals surface area contributed by atoms with Gasteiger partial charge in [0.05, 0.1) is 5.34 Å². The molecule has 0 bridgehead atoms. The van der Waals surface area contributed by atoms with E-state index in [1.807, 2.05) is 0 Å². The van der Waals surface area contributed by atoms with E-state index in [9.17, 15) is 0 Å². The van der Waals surface area contributed by atoms with Crippen LogP contribution in [0.2, 0.25) is 0 Å². The predicted molar refractivity (Wildman–Crippen MR) is 39.1 cm³/mol. The number of hydrogen-bond donors (Lipinski definition) is 0. The quantitative estimate of drug-likeness (QED) is 0.359. The van der Waals surface area contributed by atoms with Gasteiger partial charge in [0.25, 0.3) is 0 Å². The van der Waals surface area contributed by atoms with E-state index in [4.69, 9.17) is 23.2 Å². The monoisotopic (exact) mass is 140 g/mol. The zero-order valence-corrected chi connectivity index (χ0v) is 5.80. The maximum Gasteiger partial charge on any atom is 0.0967 e. The standard InChI is InChI=1S/2C2H4.CH2Cl2/c2*1-2;2-1-3/h2*1-2H2;1H2. The second kappa shape index (κ2) is 138. The van der Waals surface area contributed by atoms with Gasteiger partial charge in [0, 0.05) is 0 Å². The molecule has 0 aliphatic carbocycles. The first kappa shape index (κ1) is 15.7. The van der Waals surface area contributed by atoms with Crippen molar-refractivity contribution < 1.29 is 0 Å². The Hall–Kier alpha value is 0.0600. The van der Waals surface area contributed by atoms with Crippen LogP contribution in [0.4, 0.5) is 0 Å². The van der Waals surface area contributed by atoms with Crippen molar-refractivity contribution in [1.82, 2.24) is 0 Å². The van der Waals surface area contributed by atoms with E-state index in [1.54, 1.807) is 0 Å². The van der Waals surface area contributed by atoms with Gasteiger partial charge < -0.3 is 0 Å². The summed E-state index contributed by atoms with van der Waals surface area (Å²) < 4.78 is 0. The fraction of sp³-hybridized carbons (Fsp3) is 0.200. The Labute approximate surface area is 55.4 Å². The highest BCUT2D eigenvalue weighted by Crippen LogP contribution is 1.73. The minimum atomic E-state index is 0.194. The van der Waals surface area contributed by atoms with Gasteiger partial charge in [-0.25, -0.2) is 0 Å². The molecule has 0 aliphatic heterocycles. The summed E-state index contributed by atoms with van der Waals surface area (Å²) in [5.41, 5.74) is 0. The van der Waals surface area contributed by atoms with Crippen molar-refractivity contribution in [3.8, 4) is 0 Å². The van der Waals surface area contributed by atoms with E-state index >= 15 is 0 Å². The van der Waals surface area contributed by atoms with Gasteiger partial charge >= 0.3 is 0 Å². The molecule has 0 aromatic rings. The molecule has 0 saturated heterocycles. The van der Waals surface area contributed by atoms with Crippen LogP contribution in [0.15, 0.2) is 26.3 Å². The Kier molecular flexibility index (Phi) is 310. The molecule has 7 heavy (non-hydrogen) atoms. The lowest BCUT2D eigenvalue weighted by atomic mass is 11.3. The molecule has 44 valence electrons. The maximum absolute atomic E-state index is 4.76. The summed E-state index contributed by atoms with van der Waals surface area (Å²) in [6, 6.07) is 0. The molecule has 2 heteroatoms. The molecule has 0 unspecified atom stereocenters. The molecule has 0 spiro atoms. The summed E-state index contributed by atoms with van der Waals surface area (Å²) in [5, 5.41) is 0.194. The van der Waals surface area contributed by atoms with E-state index in [1.165, 1.54) is 0 Å². The van der Waals surface area contributed by atoms with Crippen LogP contribution in [0, 0.1) is 0 Å². The van der Waals surface area contributed by atoms with Crippen molar-refractivity contribution in [2.45, 2.75) is 0 Å². The highest BCUT2D eigenvalue weighted by molar-refractivity contribution is 6.40. The van der Waals surface area contributed by atoms with Crippen molar-refractivity contribution in [1.29, 1.82) is 0 Å². The topological polar surface area (TPSA) is 0 Å². The first-order valence-electron chi connectivity index (χ1n) is 1.53. The normalized spacial score (nSPS) is 3.71. The summed E-state index contributed by atoms with van der Waals surface area (Å²) in [6.07, 6.45) is 0. The molecule has 0 N–H and O–H groups in total. The van der Waals surface area contributed by atoms with Crippen molar-refractivity contribution in [2.75, 3.05) is 5.34 Å². The Morgan fingerprint density at radius 2 is 0.857 bits per heavy atom. The molecule has 0 radical (unpaired) electrons. The lowest BCUT2D eigenvalue weighted by Crippen LogP contribution is -1.24. The predicted octanol–water partition coefficient (Wildman–Crippen LogP) is 3.03. The minimum Gasteiger partial charge on any atom is -0.109 e. The van der Waals surface area contributed by atoms with Crippen molar-refractivity contribution in [3.05, 3.63) is 26.3 Å². The second-order valence-electron chi connectivity index (χ2n) is 0.101. The van der Waals surface area contributed by atoms with E-state index in [0.717, 1.165) is 0 Å². The van der Waals surface area contributed by atoms with Gasteiger partial charge in [-0.05, 0) is 0 Å². The molecule has 0 atom stereocenters. The first-order chi connectivity index (χ1) is 3.41. The van der Waals surface area contributed by atoms with E-state index in [-0.39, 0.29) is 5.34 Å². The van der Waals surface area contributed by atoms with Crippen LogP contribution in [0.3, 0.4) is 0 Å². The van der Waals surface area contributed by atoms with E-state index in [0.29, 0.717) is 0 Å². The minimum absolute atomic E-state index is 0.194. The zero-order chi connectivity index (χ0) is 6.71. The summed E-state index contributed by atoms with van der Waals surface area (Å²) in [4.78, 5) is 0. The van der Waals surface area contributed by atoms with Crippen LogP contribution in [-0.4, -0.2) is 5.34 Å². The number of rotatable bonds is 0. The molecule has 0 aromatic heterocycles. The summed E-state index contributed by atoms with van der Waals surface area (Å²) in [7, 11) is 0. The fourth-order valence-corrected chi connectivity index (χ4v) is 0. The average molecular weight is 141 g/mol. The molecule has 0 aliphatic rings. The number of hydrogen-bond acceptors (Lipinski definition) is 0. The van der Waals surface area contributed by atoms with E-state index < -0.39 is 0 Å². The summed E-state index contributed by atoms with van der Waals surface area (Å²) in [5.74, 6) is 0. The summed E-state index contributed by atoms with van der Waals surface area (Å²) in [6.45, 7) is 12.0. The van der Waals surface area contributed by atoms with Crippen LogP contribution < -0.4 is 0 Å². The highest BCUT2D eigenvalue weighted by Gasteiger charge is 1.41. The Bertz CT molecular complexity index is 13.6. The van der Waals surface area contributed by atoms with Crippen LogP contribution in [0.1, 0.15) is 0 Å². The molecular weight excluding hydrogens is 131 g/mol. The maximum atomic E-state index is 4.76. The average Bonchev–Trinajstić information content (AvgIpc) is 1.78. The smallest absolute Gasteiger partial charge is 0.0967 e. The Morgan fingerprint density at radius 1 is 0.857 bits per heavy atom. The molecule has 0 amide bonds. The van der Waals surface area contributed by atoms with Crippen LogP contribution in [-0.2, 0) is 0 Å². The molecule has 0 saturated carbocycles. The number of alkyl halides is 2. The molecule has 0 fully saturated rings. The Balaban J connectivity index is -0.0000000360. The zero-order valence-electron chi connectivity index (χ0n) is 4.29. The largest absolute Gasteiger partial charge is 0.109 e. The SMILES string of the molecule is C=C.C=C.ClCCl. The fourth-order valence-electron chi connectivity index (χ4n) is 0. The molecule has 0 rings (SSSR count). The van der Waals surface area contributed by atoms with Crippen LogP contribution in [0.5, 0.6) is 0 Å². The van der Waals surface area contributed by atoms with Gasteiger partial charge in [-0.3, -0.25) is 0 Å². The van der Waals surface area contributed by atoms with Gasteiger partial charge in [0.15, 0.2) is 0 Å². The molecule has 0 aromatic carbocycles. The molecular formula is C5H10Cl2. The van der Waals surface area contributed by atoms with Crippen LogP contribution in [0.25, 0.3) is 0 Å². The van der Waals surface area contributed by atoms with E-state index in [2.05, 4.69) is 26.3 Å². The van der Waals surface area contributed by atoms with Crippen LogP contribution >= 0.6 is 23.2 Å². The second-order valence-corrected chi connectivity index (χ2v) is 0.909. The van der Waals surface area contributed by atoms with Gasteiger partial charge in [-0.2, -0.15) is 0 Å². The third-order valence-electron chi connectivity index (χ3n) is 0. The summed E-state index contributed by atoms with van der Waals surface area (Å²) >= 11 is 9.53. The van der Waals surface area contributed by atoms with Crippen molar-refractivity contribution in [3.63, 3.8) is 0 Å². The Morgan fingerprint density at radius 3 is 0.857 bits per heavy atom. The lowest BCUT2D eigenvalue weighted by Gasteiger charge is -1.42. The molecule has 0 nitrogen and oxygen atoms in total. The lowest BCUT2D eigenvalue weighted by molar-refractivity contribution is 2.20. The third kappa shape index (κ3) is 27700. The van der Waals surface area contributed by atoms with Crippen molar-refractivity contribution in [2.24, 2.45) is 0 Å². The number of halogens is 2. The highest BCUT2D eigenvalue weighted by atomic mass is 35.5. The molecule has 0 heterocycles. The van der Waals surface area contributed by atoms with Gasteiger partial charge in [-0.15, -0.1) is 49.5 Å². The van der Waals surface area contributed by atoms with Crippen molar-refractivity contribution >= 4 is 23.2 Å². The van der Waals surface area contributed by atoms with Gasteiger partial charge in [-0.1, -0.05) is 0 Å². The third-order valence-corrected chi connectivity index (χ3v) is 0. The first-order valence-corrected chi connectivity index (χ1v) is 2.60. The van der Waals surface area contributed by atoms with Gasteiger partial charge in [0.2, 0.25) is 0 Å².